The minimum Gasteiger partial charge on any atom is -0.480 e. The van der Waals surface area contributed by atoms with Crippen LogP contribution >= 0.6 is 0 Å². The third kappa shape index (κ3) is 1.87. The minimum atomic E-state index is -3.56. The van der Waals surface area contributed by atoms with E-state index in [0.29, 0.717) is 0 Å². The maximum atomic E-state index is 11.3. The number of rotatable bonds is 3. The van der Waals surface area contributed by atoms with Crippen molar-refractivity contribution in [1.82, 2.24) is 9.03 Å². The van der Waals surface area contributed by atoms with Gasteiger partial charge in [0.25, 0.3) is 10.2 Å². The number of carbonyl (C=O) groups is 1. The Kier molecular flexibility index (Phi) is 2.81. The molecule has 0 aliphatic carbocycles. The fraction of sp³-hybridized carbons (Fsp3) is 0.833. The van der Waals surface area contributed by atoms with Crippen LogP contribution < -0.4 is 10.5 Å². The summed E-state index contributed by atoms with van der Waals surface area (Å²) in [6.07, 6.45) is 0.128. The first-order chi connectivity index (χ1) is 6.32. The molecular weight excluding hydrogens is 210 g/mol. The van der Waals surface area contributed by atoms with Gasteiger partial charge in [0.05, 0.1) is 0 Å². The first-order valence-electron chi connectivity index (χ1n) is 4.03. The molecule has 82 valence electrons. The Labute approximate surface area is 82.1 Å². The molecule has 1 fully saturated rings. The second kappa shape index (κ2) is 3.46. The van der Waals surface area contributed by atoms with Crippen LogP contribution in [-0.4, -0.2) is 49.5 Å². The monoisotopic (exact) mass is 223 g/mol. The number of carboxylic acid groups (broad SMARTS) is 1. The Morgan fingerprint density at radius 1 is 1.64 bits per heavy atom. The van der Waals surface area contributed by atoms with Crippen molar-refractivity contribution in [3.05, 3.63) is 0 Å². The number of hydrogen-bond donors (Lipinski definition) is 3. The molecule has 0 aromatic heterocycles. The molecule has 4 N–H and O–H groups in total. The predicted molar refractivity (Wildman–Crippen MR) is 48.7 cm³/mol. The Balaban J connectivity index is 2.81. The van der Waals surface area contributed by atoms with Crippen LogP contribution in [0.1, 0.15) is 6.42 Å². The van der Waals surface area contributed by atoms with Crippen LogP contribution in [0.3, 0.4) is 0 Å². The van der Waals surface area contributed by atoms with Gasteiger partial charge in [-0.3, -0.25) is 4.79 Å². The standard InChI is InChI=1S/C6H13N3O4S/c1-8-14(12,13)9-3-2-6(7,4-9)5(10)11/h8H,2-4,7H2,1H3,(H,10,11)/t6-/m1/s1. The van der Waals surface area contributed by atoms with E-state index < -0.39 is 21.7 Å². The lowest BCUT2D eigenvalue weighted by Gasteiger charge is -2.19. The van der Waals surface area contributed by atoms with E-state index in [9.17, 15) is 13.2 Å². The van der Waals surface area contributed by atoms with Crippen molar-refractivity contribution in [3.8, 4) is 0 Å². The first kappa shape index (κ1) is 11.4. The molecular formula is C6H13N3O4S. The summed E-state index contributed by atoms with van der Waals surface area (Å²) in [4.78, 5) is 10.7. The highest BCUT2D eigenvalue weighted by Gasteiger charge is 2.44. The summed E-state index contributed by atoms with van der Waals surface area (Å²) in [5.41, 5.74) is 4.06. The van der Waals surface area contributed by atoms with Gasteiger partial charge in [-0.25, -0.2) is 4.72 Å². The van der Waals surface area contributed by atoms with E-state index in [1.165, 1.54) is 7.05 Å². The average Bonchev–Trinajstić information content (AvgIpc) is 2.50. The fourth-order valence-corrected chi connectivity index (χ4v) is 2.30. The summed E-state index contributed by atoms with van der Waals surface area (Å²) in [6, 6.07) is 0. The van der Waals surface area contributed by atoms with E-state index in [2.05, 4.69) is 4.72 Å². The van der Waals surface area contributed by atoms with Gasteiger partial charge in [-0.1, -0.05) is 0 Å². The van der Waals surface area contributed by atoms with Crippen molar-refractivity contribution in [2.45, 2.75) is 12.0 Å². The topological polar surface area (TPSA) is 113 Å². The Morgan fingerprint density at radius 2 is 2.21 bits per heavy atom. The summed E-state index contributed by atoms with van der Waals surface area (Å²) in [5, 5.41) is 8.76. The Bertz CT molecular complexity index is 341. The number of aliphatic carboxylic acids is 1. The van der Waals surface area contributed by atoms with E-state index in [1.54, 1.807) is 0 Å². The van der Waals surface area contributed by atoms with Gasteiger partial charge < -0.3 is 10.8 Å². The highest BCUT2D eigenvalue weighted by atomic mass is 32.2. The smallest absolute Gasteiger partial charge is 0.325 e. The van der Waals surface area contributed by atoms with E-state index >= 15 is 0 Å². The zero-order valence-corrected chi connectivity index (χ0v) is 8.54. The molecule has 0 amide bonds. The quantitative estimate of drug-likeness (QED) is 0.509. The summed E-state index contributed by atoms with van der Waals surface area (Å²) < 4.78 is 25.7. The number of hydrogen-bond acceptors (Lipinski definition) is 4. The van der Waals surface area contributed by atoms with Gasteiger partial charge in [-0.2, -0.15) is 12.7 Å². The molecule has 1 atom stereocenters. The predicted octanol–water partition coefficient (Wildman–Crippen LogP) is -2.06. The van der Waals surface area contributed by atoms with E-state index in [4.69, 9.17) is 10.8 Å². The molecule has 0 saturated carbocycles. The second-order valence-electron chi connectivity index (χ2n) is 3.25. The lowest BCUT2D eigenvalue weighted by molar-refractivity contribution is -0.142. The largest absolute Gasteiger partial charge is 0.480 e. The molecule has 1 aliphatic rings. The number of nitrogens with two attached hydrogens (primary N) is 1. The van der Waals surface area contributed by atoms with Gasteiger partial charge in [0, 0.05) is 20.1 Å². The zero-order chi connectivity index (χ0) is 11.0. The zero-order valence-electron chi connectivity index (χ0n) is 7.73. The molecule has 7 nitrogen and oxygen atoms in total. The van der Waals surface area contributed by atoms with Crippen molar-refractivity contribution < 1.29 is 18.3 Å². The molecule has 0 radical (unpaired) electrons. The SMILES string of the molecule is CNS(=O)(=O)N1CC[C@](N)(C(=O)O)C1. The van der Waals surface area contributed by atoms with Gasteiger partial charge in [0.1, 0.15) is 5.54 Å². The van der Waals surface area contributed by atoms with Crippen LogP contribution in [0.4, 0.5) is 0 Å². The van der Waals surface area contributed by atoms with Gasteiger partial charge in [-0.05, 0) is 6.42 Å². The van der Waals surface area contributed by atoms with Gasteiger partial charge in [-0.15, -0.1) is 0 Å². The van der Waals surface area contributed by atoms with Crippen molar-refractivity contribution in [3.63, 3.8) is 0 Å². The molecule has 1 aliphatic heterocycles. The lowest BCUT2D eigenvalue weighted by atomic mass is 10.0. The normalized spacial score (nSPS) is 29.3. The summed E-state index contributed by atoms with van der Waals surface area (Å²) in [5.74, 6) is -1.17. The van der Waals surface area contributed by atoms with Crippen molar-refractivity contribution in [1.29, 1.82) is 0 Å². The van der Waals surface area contributed by atoms with Gasteiger partial charge in [0.15, 0.2) is 0 Å². The van der Waals surface area contributed by atoms with E-state index in [0.717, 1.165) is 4.31 Å². The second-order valence-corrected chi connectivity index (χ2v) is 5.13. The van der Waals surface area contributed by atoms with E-state index in [-0.39, 0.29) is 19.5 Å². The van der Waals surface area contributed by atoms with Crippen LogP contribution in [0.25, 0.3) is 0 Å². The molecule has 1 heterocycles. The maximum Gasteiger partial charge on any atom is 0.325 e. The van der Waals surface area contributed by atoms with Crippen LogP contribution in [0, 0.1) is 0 Å². The average molecular weight is 223 g/mol. The summed E-state index contributed by atoms with van der Waals surface area (Å²) in [6.45, 7) is -0.0581. The molecule has 0 spiro atoms. The van der Waals surface area contributed by atoms with Crippen molar-refractivity contribution in [2.75, 3.05) is 20.1 Å². The van der Waals surface area contributed by atoms with Crippen molar-refractivity contribution in [2.24, 2.45) is 5.73 Å². The fourth-order valence-electron chi connectivity index (χ4n) is 1.31. The molecule has 1 saturated heterocycles. The third-order valence-electron chi connectivity index (χ3n) is 2.29. The third-order valence-corrected chi connectivity index (χ3v) is 3.80. The highest BCUT2D eigenvalue weighted by molar-refractivity contribution is 7.87. The Hall–Kier alpha value is -0.700. The summed E-state index contributed by atoms with van der Waals surface area (Å²) >= 11 is 0. The summed E-state index contributed by atoms with van der Waals surface area (Å²) in [7, 11) is -2.29. The van der Waals surface area contributed by atoms with Crippen molar-refractivity contribution >= 4 is 16.2 Å². The van der Waals surface area contributed by atoms with E-state index in [1.807, 2.05) is 0 Å². The lowest BCUT2D eigenvalue weighted by Crippen LogP contribution is -2.51. The van der Waals surface area contributed by atoms with Gasteiger partial charge >= 0.3 is 5.97 Å². The number of nitrogens with zero attached hydrogens (tertiary/aromatic N) is 1. The van der Waals surface area contributed by atoms with Crippen LogP contribution in [0.5, 0.6) is 0 Å². The number of carboxylic acids is 1. The molecule has 0 unspecified atom stereocenters. The molecule has 0 bridgehead atoms. The van der Waals surface area contributed by atoms with Crippen LogP contribution in [-0.2, 0) is 15.0 Å². The molecule has 8 heteroatoms. The van der Waals surface area contributed by atoms with Crippen LogP contribution in [0.2, 0.25) is 0 Å². The van der Waals surface area contributed by atoms with Gasteiger partial charge in [0.2, 0.25) is 0 Å². The molecule has 1 rings (SSSR count). The minimum absolute atomic E-state index is 0.128. The first-order valence-corrected chi connectivity index (χ1v) is 5.47. The molecule has 0 aromatic carbocycles. The van der Waals surface area contributed by atoms with Crippen LogP contribution in [0.15, 0.2) is 0 Å². The highest BCUT2D eigenvalue weighted by Crippen LogP contribution is 2.20. The Morgan fingerprint density at radius 3 is 2.57 bits per heavy atom. The molecule has 0 aromatic rings. The number of nitrogens with one attached hydrogen (secondary N) is 1. The maximum absolute atomic E-state index is 11.3. The molecule has 14 heavy (non-hydrogen) atoms.